The average Bonchev–Trinajstić information content (AvgIpc) is 2.94. The van der Waals surface area contributed by atoms with Crippen molar-refractivity contribution in [2.45, 2.75) is 71.6 Å². The van der Waals surface area contributed by atoms with Gasteiger partial charge in [-0.05, 0) is 46.0 Å². The maximum absolute atomic E-state index is 12.5. The molecule has 0 aromatic rings. The zero-order chi connectivity index (χ0) is 19.9. The number of hydrogen-bond donors (Lipinski definition) is 3. The predicted octanol–water partition coefficient (Wildman–Crippen LogP) is 1.59. The maximum Gasteiger partial charge on any atom is 0.407 e. The number of esters is 1. The normalized spacial score (nSPS) is 18.7. The fraction of sp³-hybridized carbons (Fsp3) is 0.833. The third kappa shape index (κ3) is 8.03. The minimum Gasteiger partial charge on any atom is -0.465 e. The van der Waals surface area contributed by atoms with E-state index in [1.54, 1.807) is 0 Å². The molecule has 1 saturated heterocycles. The van der Waals surface area contributed by atoms with Gasteiger partial charge in [-0.15, -0.1) is 0 Å². The summed E-state index contributed by atoms with van der Waals surface area (Å²) in [6, 6.07) is -0.811. The molecule has 0 radical (unpaired) electrons. The van der Waals surface area contributed by atoms with Crippen LogP contribution < -0.4 is 10.6 Å². The zero-order valence-electron chi connectivity index (χ0n) is 16.5. The molecule has 0 aromatic heterocycles. The van der Waals surface area contributed by atoms with Gasteiger partial charge in [-0.1, -0.05) is 13.8 Å². The largest absolute Gasteiger partial charge is 0.465 e. The van der Waals surface area contributed by atoms with Gasteiger partial charge in [0.15, 0.2) is 0 Å². The Labute approximate surface area is 155 Å². The molecule has 8 nitrogen and oxygen atoms in total. The first-order valence-corrected chi connectivity index (χ1v) is 9.22. The van der Waals surface area contributed by atoms with E-state index in [0.29, 0.717) is 31.8 Å². The number of nitrogens with zero attached hydrogens (tertiary/aromatic N) is 1. The Morgan fingerprint density at radius 3 is 2.46 bits per heavy atom. The Morgan fingerprint density at radius 2 is 1.92 bits per heavy atom. The van der Waals surface area contributed by atoms with Crippen LogP contribution in [0.1, 0.15) is 53.9 Å². The van der Waals surface area contributed by atoms with E-state index in [9.17, 15) is 19.5 Å². The summed E-state index contributed by atoms with van der Waals surface area (Å²) in [5, 5.41) is 15.2. The number of carbonyl (C=O) groups excluding carboxylic acids is 2. The number of carbonyl (C=O) groups is 3. The van der Waals surface area contributed by atoms with Crippen molar-refractivity contribution in [3.63, 3.8) is 0 Å². The van der Waals surface area contributed by atoms with Crippen LogP contribution in [-0.4, -0.2) is 65.3 Å². The van der Waals surface area contributed by atoms with Crippen LogP contribution in [0.4, 0.5) is 4.79 Å². The Balaban J connectivity index is 2.54. The molecule has 3 N–H and O–H groups in total. The second kappa shape index (κ2) is 9.75. The van der Waals surface area contributed by atoms with E-state index in [2.05, 4.69) is 10.6 Å². The lowest BCUT2D eigenvalue weighted by Gasteiger charge is -2.26. The van der Waals surface area contributed by atoms with E-state index in [1.807, 2.05) is 34.6 Å². The summed E-state index contributed by atoms with van der Waals surface area (Å²) in [6.07, 6.45) is 0.895. The Bertz CT molecular complexity index is 502. The molecule has 1 fully saturated rings. The molecule has 0 bridgehead atoms. The van der Waals surface area contributed by atoms with E-state index in [1.165, 1.54) is 4.90 Å². The lowest BCUT2D eigenvalue weighted by atomic mass is 10.0. The molecule has 0 aromatic carbocycles. The standard InChI is InChI=1S/C18H33N3O5/c1-12(2)9-13(10-19-11-15(22)26-18(3,4)5)20-16(23)14-7-6-8-21(14)17(24)25/h12-14,19H,6-11H2,1-5H3,(H,20,23)(H,24,25)/t13-,14-/m0/s1. The van der Waals surface area contributed by atoms with Crippen molar-refractivity contribution in [3.8, 4) is 0 Å². The molecule has 2 amide bonds. The van der Waals surface area contributed by atoms with E-state index < -0.39 is 17.7 Å². The molecule has 150 valence electrons. The van der Waals surface area contributed by atoms with Crippen LogP contribution in [0.15, 0.2) is 0 Å². The number of rotatable bonds is 8. The van der Waals surface area contributed by atoms with Gasteiger partial charge in [0.1, 0.15) is 11.6 Å². The van der Waals surface area contributed by atoms with Crippen molar-refractivity contribution in [3.05, 3.63) is 0 Å². The van der Waals surface area contributed by atoms with Crippen LogP contribution in [0.3, 0.4) is 0 Å². The predicted molar refractivity (Wildman–Crippen MR) is 97.9 cm³/mol. The Morgan fingerprint density at radius 1 is 1.27 bits per heavy atom. The second-order valence-corrected chi connectivity index (χ2v) is 8.19. The van der Waals surface area contributed by atoms with Crippen molar-refractivity contribution in [2.75, 3.05) is 19.6 Å². The van der Waals surface area contributed by atoms with Crippen molar-refractivity contribution in [1.29, 1.82) is 0 Å². The average molecular weight is 371 g/mol. The molecule has 8 heteroatoms. The quantitative estimate of drug-likeness (QED) is 0.559. The third-order valence-electron chi connectivity index (χ3n) is 3.98. The number of amides is 2. The highest BCUT2D eigenvalue weighted by Gasteiger charge is 2.34. The molecule has 1 aliphatic rings. The van der Waals surface area contributed by atoms with E-state index in [0.717, 1.165) is 6.42 Å². The van der Waals surface area contributed by atoms with E-state index >= 15 is 0 Å². The highest BCUT2D eigenvalue weighted by molar-refractivity contribution is 5.86. The fourth-order valence-electron chi connectivity index (χ4n) is 3.05. The molecule has 1 aliphatic heterocycles. The van der Waals surface area contributed by atoms with Crippen LogP contribution in [0.25, 0.3) is 0 Å². The van der Waals surface area contributed by atoms with Crippen LogP contribution in [0.2, 0.25) is 0 Å². The Kier molecular flexibility index (Phi) is 8.33. The van der Waals surface area contributed by atoms with Crippen molar-refractivity contribution < 1.29 is 24.2 Å². The number of nitrogens with one attached hydrogen (secondary N) is 2. The molecule has 1 heterocycles. The van der Waals surface area contributed by atoms with Crippen molar-refractivity contribution >= 4 is 18.0 Å². The summed E-state index contributed by atoms with van der Waals surface area (Å²) in [5.41, 5.74) is -0.535. The van der Waals surface area contributed by atoms with Gasteiger partial charge in [-0.25, -0.2) is 4.79 Å². The number of ether oxygens (including phenoxy) is 1. The van der Waals surface area contributed by atoms with Gasteiger partial charge < -0.3 is 20.5 Å². The molecule has 0 unspecified atom stereocenters. The molecule has 0 spiro atoms. The van der Waals surface area contributed by atoms with E-state index in [-0.39, 0.29) is 24.5 Å². The number of likely N-dealkylation sites (tertiary alicyclic amines) is 1. The summed E-state index contributed by atoms with van der Waals surface area (Å²) in [6.45, 7) is 10.4. The molecule has 0 aliphatic carbocycles. The van der Waals surface area contributed by atoms with Gasteiger partial charge in [-0.2, -0.15) is 0 Å². The molecular weight excluding hydrogens is 338 g/mol. The highest BCUT2D eigenvalue weighted by atomic mass is 16.6. The summed E-state index contributed by atoms with van der Waals surface area (Å²) in [7, 11) is 0. The number of carboxylic acid groups (broad SMARTS) is 1. The monoisotopic (exact) mass is 371 g/mol. The van der Waals surface area contributed by atoms with Crippen LogP contribution in [0.5, 0.6) is 0 Å². The SMILES string of the molecule is CC(C)C[C@@H](CNCC(=O)OC(C)(C)C)NC(=O)[C@@H]1CCCN1C(=O)O. The molecule has 2 atom stereocenters. The fourth-order valence-corrected chi connectivity index (χ4v) is 3.05. The van der Waals surface area contributed by atoms with Crippen molar-refractivity contribution in [1.82, 2.24) is 15.5 Å². The minimum atomic E-state index is -1.06. The van der Waals surface area contributed by atoms with Gasteiger partial charge >= 0.3 is 12.1 Å². The van der Waals surface area contributed by atoms with Crippen LogP contribution >= 0.6 is 0 Å². The first-order chi connectivity index (χ1) is 12.0. The van der Waals surface area contributed by atoms with E-state index in [4.69, 9.17) is 4.74 Å². The van der Waals surface area contributed by atoms with Gasteiger partial charge in [0.05, 0.1) is 6.54 Å². The lowest BCUT2D eigenvalue weighted by Crippen LogP contribution is -2.51. The first kappa shape index (κ1) is 22.2. The third-order valence-corrected chi connectivity index (χ3v) is 3.98. The smallest absolute Gasteiger partial charge is 0.407 e. The lowest BCUT2D eigenvalue weighted by molar-refractivity contribution is -0.153. The first-order valence-electron chi connectivity index (χ1n) is 9.22. The number of hydrogen-bond acceptors (Lipinski definition) is 5. The van der Waals surface area contributed by atoms with Gasteiger partial charge in [0.25, 0.3) is 0 Å². The van der Waals surface area contributed by atoms with Gasteiger partial charge in [-0.3, -0.25) is 14.5 Å². The summed E-state index contributed by atoms with van der Waals surface area (Å²) in [4.78, 5) is 36.7. The van der Waals surface area contributed by atoms with Gasteiger partial charge in [0, 0.05) is 19.1 Å². The summed E-state index contributed by atoms with van der Waals surface area (Å²) in [5.74, 6) is -0.266. The van der Waals surface area contributed by atoms with Crippen LogP contribution in [0, 0.1) is 5.92 Å². The minimum absolute atomic E-state index is 0.0619. The summed E-state index contributed by atoms with van der Waals surface area (Å²) < 4.78 is 5.24. The maximum atomic E-state index is 12.5. The van der Waals surface area contributed by atoms with Gasteiger partial charge in [0.2, 0.25) is 5.91 Å². The Hall–Kier alpha value is -1.83. The summed E-state index contributed by atoms with van der Waals surface area (Å²) >= 11 is 0. The molecule has 26 heavy (non-hydrogen) atoms. The van der Waals surface area contributed by atoms with Crippen LogP contribution in [-0.2, 0) is 14.3 Å². The topological polar surface area (TPSA) is 108 Å². The zero-order valence-corrected chi connectivity index (χ0v) is 16.5. The highest BCUT2D eigenvalue weighted by Crippen LogP contribution is 2.18. The molecule has 0 saturated carbocycles. The molecular formula is C18H33N3O5. The second-order valence-electron chi connectivity index (χ2n) is 8.19. The van der Waals surface area contributed by atoms with Crippen molar-refractivity contribution in [2.24, 2.45) is 5.92 Å². The molecule has 1 rings (SSSR count).